The summed E-state index contributed by atoms with van der Waals surface area (Å²) in [6, 6.07) is 15.7. The minimum atomic E-state index is -1.47. The van der Waals surface area contributed by atoms with Crippen LogP contribution in [0.15, 0.2) is 48.5 Å². The SMILES string of the molecule is CC(C)(C)c1cccc(-c2ccccc2)c1B(O)O. The highest BCUT2D eigenvalue weighted by Crippen LogP contribution is 2.26. The lowest BCUT2D eigenvalue weighted by atomic mass is 9.67. The average molecular weight is 254 g/mol. The van der Waals surface area contributed by atoms with Crippen molar-refractivity contribution < 1.29 is 10.0 Å². The van der Waals surface area contributed by atoms with E-state index < -0.39 is 7.12 Å². The van der Waals surface area contributed by atoms with Gasteiger partial charge in [0.25, 0.3) is 0 Å². The van der Waals surface area contributed by atoms with Gasteiger partial charge in [0.2, 0.25) is 0 Å². The van der Waals surface area contributed by atoms with Crippen LogP contribution in [0, 0.1) is 0 Å². The summed E-state index contributed by atoms with van der Waals surface area (Å²) in [4.78, 5) is 0. The molecule has 2 nitrogen and oxygen atoms in total. The molecule has 0 aliphatic rings. The van der Waals surface area contributed by atoms with Crippen LogP contribution >= 0.6 is 0 Å². The molecular formula is C16H19BO2. The average Bonchev–Trinajstić information content (AvgIpc) is 2.37. The number of hydrogen-bond donors (Lipinski definition) is 2. The van der Waals surface area contributed by atoms with Crippen LogP contribution in [0.4, 0.5) is 0 Å². The molecule has 0 amide bonds. The van der Waals surface area contributed by atoms with Crippen molar-refractivity contribution in [3.05, 3.63) is 54.1 Å². The molecule has 0 unspecified atom stereocenters. The van der Waals surface area contributed by atoms with Crippen LogP contribution in [0.1, 0.15) is 26.3 Å². The topological polar surface area (TPSA) is 40.5 Å². The lowest BCUT2D eigenvalue weighted by Gasteiger charge is -2.25. The monoisotopic (exact) mass is 254 g/mol. The predicted octanol–water partition coefficient (Wildman–Crippen LogP) is 2.33. The zero-order chi connectivity index (χ0) is 14.0. The normalized spacial score (nSPS) is 11.4. The van der Waals surface area contributed by atoms with Crippen LogP contribution in [-0.2, 0) is 5.41 Å². The van der Waals surface area contributed by atoms with Crippen LogP contribution in [0.2, 0.25) is 0 Å². The first kappa shape index (κ1) is 13.8. The first-order valence-corrected chi connectivity index (χ1v) is 6.46. The predicted molar refractivity (Wildman–Crippen MR) is 80.4 cm³/mol. The van der Waals surface area contributed by atoms with Crippen LogP contribution < -0.4 is 5.46 Å². The van der Waals surface area contributed by atoms with Gasteiger partial charge in [0.1, 0.15) is 0 Å². The first-order valence-electron chi connectivity index (χ1n) is 6.46. The standard InChI is InChI=1S/C16H19BO2/c1-16(2,3)14-11-7-10-13(15(14)17(18)19)12-8-5-4-6-9-12/h4-11,18-19H,1-3H3. The fourth-order valence-electron chi connectivity index (χ4n) is 2.37. The molecule has 0 saturated carbocycles. The summed E-state index contributed by atoms with van der Waals surface area (Å²) in [6.45, 7) is 6.22. The Bertz CT molecular complexity index is 557. The third kappa shape index (κ3) is 2.88. The molecule has 98 valence electrons. The van der Waals surface area contributed by atoms with Crippen molar-refractivity contribution >= 4 is 12.6 Å². The molecule has 0 spiro atoms. The maximum absolute atomic E-state index is 9.77. The first-order chi connectivity index (χ1) is 8.91. The van der Waals surface area contributed by atoms with E-state index in [0.717, 1.165) is 16.7 Å². The van der Waals surface area contributed by atoms with Crippen molar-refractivity contribution in [2.45, 2.75) is 26.2 Å². The second-order valence-electron chi connectivity index (χ2n) is 5.76. The summed E-state index contributed by atoms with van der Waals surface area (Å²) in [5.74, 6) is 0. The lowest BCUT2D eigenvalue weighted by molar-refractivity contribution is 0.424. The van der Waals surface area contributed by atoms with E-state index >= 15 is 0 Å². The van der Waals surface area contributed by atoms with Gasteiger partial charge in [-0.25, -0.2) is 0 Å². The Labute approximate surface area is 114 Å². The molecule has 0 fully saturated rings. The van der Waals surface area contributed by atoms with Gasteiger partial charge in [-0.05, 0) is 27.6 Å². The zero-order valence-corrected chi connectivity index (χ0v) is 11.6. The van der Waals surface area contributed by atoms with E-state index in [4.69, 9.17) is 0 Å². The van der Waals surface area contributed by atoms with Crippen LogP contribution in [0.25, 0.3) is 11.1 Å². The highest BCUT2D eigenvalue weighted by atomic mass is 16.4. The smallest absolute Gasteiger partial charge is 0.423 e. The molecule has 0 bridgehead atoms. The summed E-state index contributed by atoms with van der Waals surface area (Å²) in [7, 11) is -1.47. The van der Waals surface area contributed by atoms with Gasteiger partial charge in [-0.1, -0.05) is 69.3 Å². The van der Waals surface area contributed by atoms with Crippen molar-refractivity contribution in [3.63, 3.8) is 0 Å². The third-order valence-electron chi connectivity index (χ3n) is 3.26. The molecule has 0 aromatic heterocycles. The summed E-state index contributed by atoms with van der Waals surface area (Å²) in [5, 5.41) is 19.5. The van der Waals surface area contributed by atoms with E-state index in [-0.39, 0.29) is 5.41 Å². The van der Waals surface area contributed by atoms with Crippen molar-refractivity contribution in [1.29, 1.82) is 0 Å². The summed E-state index contributed by atoms with van der Waals surface area (Å²) >= 11 is 0. The van der Waals surface area contributed by atoms with Gasteiger partial charge in [-0.15, -0.1) is 0 Å². The Kier molecular flexibility index (Phi) is 3.79. The summed E-state index contributed by atoms with van der Waals surface area (Å²) in [6.07, 6.45) is 0. The molecule has 3 heteroatoms. The Balaban J connectivity index is 2.69. The van der Waals surface area contributed by atoms with Crippen molar-refractivity contribution in [3.8, 4) is 11.1 Å². The molecule has 0 saturated heterocycles. The molecule has 0 atom stereocenters. The Morgan fingerprint density at radius 3 is 2.00 bits per heavy atom. The van der Waals surface area contributed by atoms with Crippen molar-refractivity contribution in [1.82, 2.24) is 0 Å². The molecular weight excluding hydrogens is 235 g/mol. The van der Waals surface area contributed by atoms with E-state index in [0.29, 0.717) is 5.46 Å². The van der Waals surface area contributed by atoms with Gasteiger partial charge in [-0.3, -0.25) is 0 Å². The maximum Gasteiger partial charge on any atom is 0.489 e. The molecule has 19 heavy (non-hydrogen) atoms. The minimum absolute atomic E-state index is 0.135. The van der Waals surface area contributed by atoms with E-state index in [9.17, 15) is 10.0 Å². The van der Waals surface area contributed by atoms with Crippen molar-refractivity contribution in [2.75, 3.05) is 0 Å². The van der Waals surface area contributed by atoms with Gasteiger partial charge in [0.15, 0.2) is 0 Å². The van der Waals surface area contributed by atoms with Gasteiger partial charge < -0.3 is 10.0 Å². The van der Waals surface area contributed by atoms with Crippen molar-refractivity contribution in [2.24, 2.45) is 0 Å². The van der Waals surface area contributed by atoms with E-state index in [1.54, 1.807) is 0 Å². The van der Waals surface area contributed by atoms with E-state index in [2.05, 4.69) is 20.8 Å². The summed E-state index contributed by atoms with van der Waals surface area (Å²) in [5.41, 5.74) is 3.30. The Morgan fingerprint density at radius 2 is 1.47 bits per heavy atom. The fraction of sp³-hybridized carbons (Fsp3) is 0.250. The zero-order valence-electron chi connectivity index (χ0n) is 11.6. The molecule has 0 aliphatic carbocycles. The number of rotatable bonds is 2. The van der Waals surface area contributed by atoms with Gasteiger partial charge in [-0.2, -0.15) is 0 Å². The second-order valence-corrected chi connectivity index (χ2v) is 5.76. The highest BCUT2D eigenvalue weighted by Gasteiger charge is 2.27. The van der Waals surface area contributed by atoms with Crippen LogP contribution in [-0.4, -0.2) is 17.2 Å². The largest absolute Gasteiger partial charge is 0.489 e. The second kappa shape index (κ2) is 5.20. The third-order valence-corrected chi connectivity index (χ3v) is 3.26. The fourth-order valence-corrected chi connectivity index (χ4v) is 2.37. The molecule has 2 rings (SSSR count). The van der Waals surface area contributed by atoms with Crippen LogP contribution in [0.3, 0.4) is 0 Å². The molecule has 2 N–H and O–H groups in total. The summed E-state index contributed by atoms with van der Waals surface area (Å²) < 4.78 is 0. The Hall–Kier alpha value is -1.58. The van der Waals surface area contributed by atoms with Gasteiger partial charge in [0.05, 0.1) is 0 Å². The number of benzene rings is 2. The minimum Gasteiger partial charge on any atom is -0.423 e. The molecule has 2 aromatic rings. The molecule has 0 heterocycles. The molecule has 2 aromatic carbocycles. The van der Waals surface area contributed by atoms with E-state index in [1.165, 1.54) is 0 Å². The number of hydrogen-bond acceptors (Lipinski definition) is 2. The lowest BCUT2D eigenvalue weighted by Crippen LogP contribution is -2.38. The molecule has 0 radical (unpaired) electrons. The molecule has 0 aliphatic heterocycles. The highest BCUT2D eigenvalue weighted by molar-refractivity contribution is 6.61. The van der Waals surface area contributed by atoms with Gasteiger partial charge in [0, 0.05) is 0 Å². The van der Waals surface area contributed by atoms with Gasteiger partial charge >= 0.3 is 7.12 Å². The quantitative estimate of drug-likeness (QED) is 0.807. The Morgan fingerprint density at radius 1 is 0.842 bits per heavy atom. The van der Waals surface area contributed by atoms with E-state index in [1.807, 2.05) is 48.5 Å². The maximum atomic E-state index is 9.77. The van der Waals surface area contributed by atoms with Crippen LogP contribution in [0.5, 0.6) is 0 Å².